The molecule has 0 saturated heterocycles. The first-order valence-corrected chi connectivity index (χ1v) is 49.6. The maximum Gasteiger partial charge on any atom is 0.0541 e. The Balaban J connectivity index is 0.000000105. The molecule has 144 heavy (non-hydrogen) atoms. The number of aromatic nitrogens is 6. The van der Waals surface area contributed by atoms with Crippen molar-refractivity contribution in [2.24, 2.45) is 0 Å². The lowest BCUT2D eigenvalue weighted by Crippen LogP contribution is -1.95. The molecule has 0 N–H and O–H groups in total. The average molecular weight is 1830 g/mol. The van der Waals surface area contributed by atoms with Crippen molar-refractivity contribution >= 4 is 163 Å². The minimum absolute atomic E-state index is 1.16. The number of fused-ring (bicyclic) bond motifs is 21. The van der Waals surface area contributed by atoms with Gasteiger partial charge in [0.1, 0.15) is 0 Å². The van der Waals surface area contributed by atoms with Gasteiger partial charge in [-0.25, -0.2) is 0 Å². The second-order valence-corrected chi connectivity index (χ2v) is 37.8. The van der Waals surface area contributed by atoms with Gasteiger partial charge >= 0.3 is 0 Å². The Morgan fingerprint density at radius 1 is 0.0903 bits per heavy atom. The SMILES string of the molecule is c1ccc(-c2ccc(-n3c4ccccc4c4cc(-c5ccc6c(c5)c5ccccc5n6-c5ccc(-c6ccccc6)cc5)ccc43)cc2)cc1.c1ccc(-c2ccc(-n3c4ccccc4c4cc(-c5ccc6c(c5)c5ccccc5n6-c5cccc6ccccc56)ccc43)cc2)cc1.c1ccc2cc(-n3c4ccccc4c4cc(-c5ccc6c(c5)c5ccccc5n6-c5cccc6ccccc56)ccc43)ccc2c1. The molecule has 0 aliphatic heterocycles. The van der Waals surface area contributed by atoms with Crippen LogP contribution in [0.1, 0.15) is 0 Å². The summed E-state index contributed by atoms with van der Waals surface area (Å²) in [6, 6.07) is 199. The summed E-state index contributed by atoms with van der Waals surface area (Å²) < 4.78 is 14.4. The van der Waals surface area contributed by atoms with Crippen molar-refractivity contribution < 1.29 is 0 Å². The van der Waals surface area contributed by atoms with Crippen LogP contribution in [0.4, 0.5) is 0 Å². The minimum Gasteiger partial charge on any atom is -0.309 e. The van der Waals surface area contributed by atoms with Crippen LogP contribution in [0.2, 0.25) is 0 Å². The van der Waals surface area contributed by atoms with Crippen molar-refractivity contribution in [2.45, 2.75) is 0 Å². The molecule has 0 bridgehead atoms. The summed E-state index contributed by atoms with van der Waals surface area (Å²) in [5.74, 6) is 0. The Morgan fingerprint density at radius 2 is 0.285 bits per heavy atom. The predicted octanol–water partition coefficient (Wildman–Crippen LogP) is 37.1. The van der Waals surface area contributed by atoms with E-state index in [0.29, 0.717) is 0 Å². The predicted molar refractivity (Wildman–Crippen MR) is 610 cm³/mol. The van der Waals surface area contributed by atoms with Gasteiger partial charge in [0.2, 0.25) is 0 Å². The van der Waals surface area contributed by atoms with E-state index in [9.17, 15) is 0 Å². The molecule has 0 fully saturated rings. The molecule has 6 aromatic heterocycles. The zero-order chi connectivity index (χ0) is 94.8. The zero-order valence-corrected chi connectivity index (χ0v) is 78.6. The van der Waals surface area contributed by atoms with Crippen LogP contribution < -0.4 is 0 Å². The summed E-state index contributed by atoms with van der Waals surface area (Å²) in [6.07, 6.45) is 0. The van der Waals surface area contributed by atoms with E-state index in [2.05, 4.69) is 573 Å². The molecule has 0 atom stereocenters. The van der Waals surface area contributed by atoms with Crippen molar-refractivity contribution in [3.63, 3.8) is 0 Å². The molecule has 0 saturated carbocycles. The third kappa shape index (κ3) is 14.0. The molecule has 0 amide bonds. The molecule has 0 aliphatic carbocycles. The molecule has 6 heterocycles. The zero-order valence-electron chi connectivity index (χ0n) is 78.6. The summed E-state index contributed by atoms with van der Waals surface area (Å²) >= 11 is 0. The molecular weight excluding hydrogens is 1740 g/mol. The largest absolute Gasteiger partial charge is 0.309 e. The van der Waals surface area contributed by atoms with Crippen molar-refractivity contribution in [3.8, 4) is 101 Å². The van der Waals surface area contributed by atoms with Gasteiger partial charge in [0.05, 0.1) is 77.6 Å². The molecule has 0 unspecified atom stereocenters. The fourth-order valence-electron chi connectivity index (χ4n) is 23.0. The van der Waals surface area contributed by atoms with E-state index in [1.807, 2.05) is 0 Å². The first-order chi connectivity index (χ1) is 71.4. The lowest BCUT2D eigenvalue weighted by molar-refractivity contribution is 1.18. The van der Waals surface area contributed by atoms with Gasteiger partial charge in [-0.2, -0.15) is 0 Å². The smallest absolute Gasteiger partial charge is 0.0541 e. The molecule has 6 nitrogen and oxygen atoms in total. The third-order valence-electron chi connectivity index (χ3n) is 29.7. The highest BCUT2D eigenvalue weighted by Crippen LogP contribution is 2.46. The average Bonchev–Trinajstić information content (AvgIpc) is 1.78. The summed E-state index contributed by atoms with van der Waals surface area (Å²) in [7, 11) is 0. The first-order valence-electron chi connectivity index (χ1n) is 49.6. The van der Waals surface area contributed by atoms with Gasteiger partial charge in [-0.15, -0.1) is 0 Å². The Hall–Kier alpha value is -19.1. The van der Waals surface area contributed by atoms with Crippen molar-refractivity contribution in [3.05, 3.63) is 546 Å². The van der Waals surface area contributed by atoms with Crippen LogP contribution in [0.5, 0.6) is 0 Å². The van der Waals surface area contributed by atoms with E-state index in [1.54, 1.807) is 0 Å². The molecule has 30 aromatic rings. The normalized spacial score (nSPS) is 11.8. The van der Waals surface area contributed by atoms with Crippen LogP contribution in [0.25, 0.3) is 264 Å². The van der Waals surface area contributed by atoms with Gasteiger partial charge in [-0.05, 0) is 258 Å². The number of para-hydroxylation sites is 6. The van der Waals surface area contributed by atoms with Crippen molar-refractivity contribution in [1.29, 1.82) is 0 Å². The monoisotopic (exact) mass is 1830 g/mol. The fraction of sp³-hybridized carbons (Fsp3) is 0. The highest BCUT2D eigenvalue weighted by molar-refractivity contribution is 6.18. The van der Waals surface area contributed by atoms with Crippen LogP contribution in [-0.4, -0.2) is 27.4 Å². The highest BCUT2D eigenvalue weighted by atomic mass is 15.0. The van der Waals surface area contributed by atoms with Gasteiger partial charge in [0.25, 0.3) is 0 Å². The van der Waals surface area contributed by atoms with E-state index < -0.39 is 0 Å². The topological polar surface area (TPSA) is 29.6 Å². The van der Waals surface area contributed by atoms with Gasteiger partial charge in [-0.1, -0.05) is 376 Å². The van der Waals surface area contributed by atoms with Gasteiger partial charge in [0.15, 0.2) is 0 Å². The number of hydrogen-bond acceptors (Lipinski definition) is 0. The number of nitrogens with zero attached hydrogens (tertiary/aromatic N) is 6. The summed E-state index contributed by atoms with van der Waals surface area (Å²) in [6.45, 7) is 0. The lowest BCUT2D eigenvalue weighted by atomic mass is 10.0. The van der Waals surface area contributed by atoms with Crippen molar-refractivity contribution in [1.82, 2.24) is 27.4 Å². The minimum atomic E-state index is 1.16. The second-order valence-electron chi connectivity index (χ2n) is 37.8. The fourth-order valence-corrected chi connectivity index (χ4v) is 23.0. The van der Waals surface area contributed by atoms with E-state index in [-0.39, 0.29) is 0 Å². The second kappa shape index (κ2) is 34.5. The van der Waals surface area contributed by atoms with E-state index in [1.165, 1.54) is 247 Å². The molecule has 0 aliphatic rings. The summed E-state index contributed by atoms with van der Waals surface area (Å²) in [5.41, 5.74) is 36.3. The third-order valence-corrected chi connectivity index (χ3v) is 29.7. The van der Waals surface area contributed by atoms with Crippen LogP contribution >= 0.6 is 0 Å². The standard InChI is InChI=1S/C48H32N2.C46H30N2.C44H28N2/c1-3-11-33(12-4-1)35-19-25-39(26-20-35)49-45-17-9-7-15-41(45)43-31-37(23-29-47(43)49)38-24-30-48-44(32-38)42-16-8-10-18-46(42)50(48)40-27-21-36(22-28-40)34-13-5-2-6-14-34;1-2-11-31(12-3-1)32-21-25-36(26-22-32)47-43-18-8-6-16-38(43)40-29-34(23-27-45(40)47)35-24-28-46-41(30-35)39-17-7-9-19-44(39)48(46)42-20-10-14-33-13-4-5-15-37(33)42;1-2-12-31-26-34(23-20-29(31)10-1)45-41-17-7-5-15-36(41)38-27-32(21-24-43(38)45)33-22-25-44-39(28-33)37-16-6-8-18-42(37)46(44)40-19-9-13-30-11-3-4-14-35(30)40/h1-32H;1-30H;1-28H. The van der Waals surface area contributed by atoms with Crippen LogP contribution in [0, 0.1) is 0 Å². The molecule has 24 aromatic carbocycles. The molecule has 30 rings (SSSR count). The van der Waals surface area contributed by atoms with Gasteiger partial charge in [0, 0.05) is 98.2 Å². The maximum atomic E-state index is 2.43. The van der Waals surface area contributed by atoms with Crippen LogP contribution in [-0.2, 0) is 0 Å². The lowest BCUT2D eigenvalue weighted by Gasteiger charge is -2.12. The quantitative estimate of drug-likeness (QED) is 0.117. The summed E-state index contributed by atoms with van der Waals surface area (Å²) in [5, 5.41) is 22.6. The molecular formula is C138H90N6. The molecule has 0 radical (unpaired) electrons. The Morgan fingerprint density at radius 3 is 0.576 bits per heavy atom. The number of rotatable bonds is 12. The van der Waals surface area contributed by atoms with E-state index >= 15 is 0 Å². The van der Waals surface area contributed by atoms with Gasteiger partial charge < -0.3 is 27.4 Å². The van der Waals surface area contributed by atoms with Crippen molar-refractivity contribution in [2.75, 3.05) is 0 Å². The molecule has 672 valence electrons. The number of hydrogen-bond donors (Lipinski definition) is 0. The Labute approximate surface area is 831 Å². The molecule has 0 spiro atoms. The maximum absolute atomic E-state index is 2.43. The van der Waals surface area contributed by atoms with Crippen LogP contribution in [0.3, 0.4) is 0 Å². The van der Waals surface area contributed by atoms with E-state index in [4.69, 9.17) is 0 Å². The highest BCUT2D eigenvalue weighted by Gasteiger charge is 2.24. The van der Waals surface area contributed by atoms with Crippen LogP contribution in [0.15, 0.2) is 546 Å². The number of benzene rings is 24. The molecule has 6 heteroatoms. The van der Waals surface area contributed by atoms with Gasteiger partial charge in [-0.3, -0.25) is 0 Å². The Kier molecular flexibility index (Phi) is 19.9. The summed E-state index contributed by atoms with van der Waals surface area (Å²) in [4.78, 5) is 0. The first kappa shape index (κ1) is 83.1. The van der Waals surface area contributed by atoms with E-state index in [0.717, 1.165) is 17.1 Å². The Bertz CT molecular complexity index is 10100.